The molecule has 1 saturated heterocycles. The van der Waals surface area contributed by atoms with Gasteiger partial charge in [-0.05, 0) is 45.6 Å². The van der Waals surface area contributed by atoms with Gasteiger partial charge < -0.3 is 10.6 Å². The molecule has 1 atom stereocenters. The van der Waals surface area contributed by atoms with E-state index in [4.69, 9.17) is 5.73 Å². The minimum Gasteiger partial charge on any atom is -0.336 e. The molecule has 92 valence electrons. The van der Waals surface area contributed by atoms with E-state index in [-0.39, 0.29) is 5.91 Å². The van der Waals surface area contributed by atoms with Gasteiger partial charge in [-0.3, -0.25) is 4.79 Å². The Balaban J connectivity index is 2.67. The van der Waals surface area contributed by atoms with Crippen LogP contribution in [-0.4, -0.2) is 29.9 Å². The molecule has 0 aliphatic carbocycles. The SMILES string of the molecule is CCC=C(C)C(=O)N1CCCCC1CCN. The molecule has 1 aliphatic heterocycles. The third-order valence-corrected chi connectivity index (χ3v) is 3.24. The Morgan fingerprint density at radius 1 is 1.50 bits per heavy atom. The number of likely N-dealkylation sites (tertiary alicyclic amines) is 1. The van der Waals surface area contributed by atoms with Gasteiger partial charge in [-0.1, -0.05) is 13.0 Å². The Hall–Kier alpha value is -0.830. The van der Waals surface area contributed by atoms with E-state index >= 15 is 0 Å². The number of amides is 1. The highest BCUT2D eigenvalue weighted by Gasteiger charge is 2.26. The monoisotopic (exact) mass is 224 g/mol. The molecule has 0 radical (unpaired) electrons. The zero-order chi connectivity index (χ0) is 12.0. The van der Waals surface area contributed by atoms with Crippen LogP contribution in [0.25, 0.3) is 0 Å². The standard InChI is InChI=1S/C13H24N2O/c1-3-6-11(2)13(16)15-10-5-4-7-12(15)8-9-14/h6,12H,3-5,7-10,14H2,1-2H3. The van der Waals surface area contributed by atoms with Crippen LogP contribution in [0.15, 0.2) is 11.6 Å². The average molecular weight is 224 g/mol. The van der Waals surface area contributed by atoms with Crippen LogP contribution in [0.3, 0.4) is 0 Å². The number of nitrogens with two attached hydrogens (primary N) is 1. The van der Waals surface area contributed by atoms with Gasteiger partial charge in [0.2, 0.25) is 5.91 Å². The van der Waals surface area contributed by atoms with Crippen molar-refractivity contribution in [2.75, 3.05) is 13.1 Å². The Morgan fingerprint density at radius 2 is 2.25 bits per heavy atom. The number of rotatable bonds is 4. The van der Waals surface area contributed by atoms with Crippen LogP contribution < -0.4 is 5.73 Å². The van der Waals surface area contributed by atoms with Crippen LogP contribution in [0.5, 0.6) is 0 Å². The third kappa shape index (κ3) is 3.34. The summed E-state index contributed by atoms with van der Waals surface area (Å²) in [7, 11) is 0. The van der Waals surface area contributed by atoms with Crippen molar-refractivity contribution >= 4 is 5.91 Å². The minimum absolute atomic E-state index is 0.208. The van der Waals surface area contributed by atoms with Crippen LogP contribution in [0.2, 0.25) is 0 Å². The smallest absolute Gasteiger partial charge is 0.249 e. The normalized spacial score (nSPS) is 22.3. The van der Waals surface area contributed by atoms with Gasteiger partial charge in [0.1, 0.15) is 0 Å². The van der Waals surface area contributed by atoms with E-state index < -0.39 is 0 Å². The number of hydrogen-bond acceptors (Lipinski definition) is 2. The molecular weight excluding hydrogens is 200 g/mol. The van der Waals surface area contributed by atoms with Crippen molar-refractivity contribution in [1.82, 2.24) is 4.90 Å². The highest BCUT2D eigenvalue weighted by molar-refractivity contribution is 5.93. The van der Waals surface area contributed by atoms with Gasteiger partial charge in [-0.15, -0.1) is 0 Å². The highest BCUT2D eigenvalue weighted by Crippen LogP contribution is 2.21. The predicted octanol–water partition coefficient (Wildman–Crippen LogP) is 2.07. The van der Waals surface area contributed by atoms with Crippen molar-refractivity contribution in [2.45, 2.75) is 52.0 Å². The molecule has 0 aromatic heterocycles. The zero-order valence-electron chi connectivity index (χ0n) is 10.5. The van der Waals surface area contributed by atoms with Gasteiger partial charge in [0.05, 0.1) is 0 Å². The summed E-state index contributed by atoms with van der Waals surface area (Å²) in [6.07, 6.45) is 7.34. The van der Waals surface area contributed by atoms with Crippen LogP contribution in [0.1, 0.15) is 46.0 Å². The first kappa shape index (κ1) is 13.2. The van der Waals surface area contributed by atoms with Gasteiger partial charge in [-0.25, -0.2) is 0 Å². The van der Waals surface area contributed by atoms with E-state index in [0.717, 1.165) is 37.8 Å². The van der Waals surface area contributed by atoms with Crippen molar-refractivity contribution in [3.8, 4) is 0 Å². The van der Waals surface area contributed by atoms with Crippen molar-refractivity contribution in [1.29, 1.82) is 0 Å². The second kappa shape index (κ2) is 6.69. The molecule has 0 spiro atoms. The summed E-state index contributed by atoms with van der Waals surface area (Å²) in [6, 6.07) is 0.367. The Labute approximate surface area is 98.7 Å². The van der Waals surface area contributed by atoms with E-state index in [0.29, 0.717) is 12.6 Å². The molecule has 2 N–H and O–H groups in total. The van der Waals surface area contributed by atoms with Crippen molar-refractivity contribution in [3.63, 3.8) is 0 Å². The average Bonchev–Trinajstić information content (AvgIpc) is 2.29. The molecule has 16 heavy (non-hydrogen) atoms. The molecule has 3 heteroatoms. The van der Waals surface area contributed by atoms with Crippen molar-refractivity contribution in [2.24, 2.45) is 5.73 Å². The number of piperidine rings is 1. The lowest BCUT2D eigenvalue weighted by molar-refractivity contribution is -0.130. The second-order valence-electron chi connectivity index (χ2n) is 4.52. The Bertz CT molecular complexity index is 259. The fourth-order valence-electron chi connectivity index (χ4n) is 2.38. The van der Waals surface area contributed by atoms with Gasteiger partial charge in [0.25, 0.3) is 0 Å². The van der Waals surface area contributed by atoms with E-state index in [1.54, 1.807) is 0 Å². The van der Waals surface area contributed by atoms with Crippen LogP contribution in [0, 0.1) is 0 Å². The molecule has 1 unspecified atom stereocenters. The largest absolute Gasteiger partial charge is 0.336 e. The summed E-state index contributed by atoms with van der Waals surface area (Å²) in [4.78, 5) is 14.2. The Morgan fingerprint density at radius 3 is 2.88 bits per heavy atom. The molecular formula is C13H24N2O. The Kier molecular flexibility index (Phi) is 5.53. The highest BCUT2D eigenvalue weighted by atomic mass is 16.2. The molecule has 0 saturated carbocycles. The van der Waals surface area contributed by atoms with E-state index in [1.165, 1.54) is 6.42 Å². The summed E-state index contributed by atoms with van der Waals surface area (Å²) in [5, 5.41) is 0. The fraction of sp³-hybridized carbons (Fsp3) is 0.769. The molecule has 1 aliphatic rings. The molecule has 0 aromatic rings. The van der Waals surface area contributed by atoms with Gasteiger partial charge >= 0.3 is 0 Å². The summed E-state index contributed by atoms with van der Waals surface area (Å²) in [5.74, 6) is 0.208. The van der Waals surface area contributed by atoms with E-state index in [2.05, 4.69) is 6.92 Å². The molecule has 1 rings (SSSR count). The number of allylic oxidation sites excluding steroid dienone is 1. The molecule has 1 heterocycles. The molecule has 0 bridgehead atoms. The molecule has 1 amide bonds. The second-order valence-corrected chi connectivity index (χ2v) is 4.52. The predicted molar refractivity (Wildman–Crippen MR) is 67.1 cm³/mol. The van der Waals surface area contributed by atoms with Gasteiger partial charge in [0, 0.05) is 18.2 Å². The third-order valence-electron chi connectivity index (χ3n) is 3.24. The van der Waals surface area contributed by atoms with Crippen LogP contribution >= 0.6 is 0 Å². The number of carbonyl (C=O) groups is 1. The topological polar surface area (TPSA) is 46.3 Å². The van der Waals surface area contributed by atoms with Crippen LogP contribution in [-0.2, 0) is 4.79 Å². The number of nitrogens with zero attached hydrogens (tertiary/aromatic N) is 1. The van der Waals surface area contributed by atoms with Gasteiger partial charge in [0.15, 0.2) is 0 Å². The lowest BCUT2D eigenvalue weighted by atomic mass is 9.98. The van der Waals surface area contributed by atoms with E-state index in [9.17, 15) is 4.79 Å². The first-order valence-electron chi connectivity index (χ1n) is 6.38. The van der Waals surface area contributed by atoms with Crippen LogP contribution in [0.4, 0.5) is 0 Å². The lowest BCUT2D eigenvalue weighted by Gasteiger charge is -2.36. The summed E-state index contributed by atoms with van der Waals surface area (Å²) >= 11 is 0. The maximum atomic E-state index is 12.2. The maximum absolute atomic E-state index is 12.2. The zero-order valence-corrected chi connectivity index (χ0v) is 10.5. The summed E-state index contributed by atoms with van der Waals surface area (Å²) < 4.78 is 0. The first-order chi connectivity index (χ1) is 7.70. The first-order valence-corrected chi connectivity index (χ1v) is 6.38. The maximum Gasteiger partial charge on any atom is 0.249 e. The molecule has 3 nitrogen and oxygen atoms in total. The minimum atomic E-state index is 0.208. The van der Waals surface area contributed by atoms with Crippen molar-refractivity contribution in [3.05, 3.63) is 11.6 Å². The summed E-state index contributed by atoms with van der Waals surface area (Å²) in [5.41, 5.74) is 6.48. The molecule has 1 fully saturated rings. The van der Waals surface area contributed by atoms with E-state index in [1.807, 2.05) is 17.9 Å². The van der Waals surface area contributed by atoms with Gasteiger partial charge in [-0.2, -0.15) is 0 Å². The summed E-state index contributed by atoms with van der Waals surface area (Å²) in [6.45, 7) is 5.55. The quantitative estimate of drug-likeness (QED) is 0.743. The number of carbonyl (C=O) groups excluding carboxylic acids is 1. The lowest BCUT2D eigenvalue weighted by Crippen LogP contribution is -2.45. The van der Waals surface area contributed by atoms with Crippen molar-refractivity contribution < 1.29 is 4.79 Å². The number of hydrogen-bond donors (Lipinski definition) is 1. The molecule has 0 aromatic carbocycles. The fourth-order valence-corrected chi connectivity index (χ4v) is 2.38.